The van der Waals surface area contributed by atoms with E-state index in [-0.39, 0.29) is 17.8 Å². The quantitative estimate of drug-likeness (QED) is 0.700. The number of halogens is 1. The van der Waals surface area contributed by atoms with Gasteiger partial charge in [-0.2, -0.15) is 0 Å². The summed E-state index contributed by atoms with van der Waals surface area (Å²) in [5.41, 5.74) is 2.31. The van der Waals surface area contributed by atoms with Crippen molar-refractivity contribution < 1.29 is 18.3 Å². The van der Waals surface area contributed by atoms with E-state index in [0.717, 1.165) is 5.56 Å². The van der Waals surface area contributed by atoms with Crippen LogP contribution in [0.4, 0.5) is 4.39 Å². The zero-order valence-corrected chi connectivity index (χ0v) is 14.9. The van der Waals surface area contributed by atoms with Crippen molar-refractivity contribution in [1.29, 1.82) is 0 Å². The van der Waals surface area contributed by atoms with E-state index in [1.165, 1.54) is 12.1 Å². The van der Waals surface area contributed by atoms with E-state index in [1.54, 1.807) is 37.4 Å². The molecule has 3 aromatic rings. The Balaban J connectivity index is 2.29. The van der Waals surface area contributed by atoms with E-state index >= 15 is 0 Å². The predicted octanol–water partition coefficient (Wildman–Crippen LogP) is 5.03. The lowest BCUT2D eigenvalue weighted by Crippen LogP contribution is -2.18. The van der Waals surface area contributed by atoms with Gasteiger partial charge in [-0.25, -0.2) is 4.39 Å². The summed E-state index contributed by atoms with van der Waals surface area (Å²) in [7, 11) is 1.55. The van der Waals surface area contributed by atoms with Gasteiger partial charge in [0.15, 0.2) is 0 Å². The van der Waals surface area contributed by atoms with Crippen LogP contribution in [-0.2, 0) is 0 Å². The zero-order valence-electron chi connectivity index (χ0n) is 14.9. The molecular formula is C21H20FNO3. The molecule has 0 saturated heterocycles. The predicted molar refractivity (Wildman–Crippen MR) is 101 cm³/mol. The second kappa shape index (κ2) is 7.04. The molecule has 5 heteroatoms. The van der Waals surface area contributed by atoms with Gasteiger partial charge in [0, 0.05) is 23.6 Å². The Morgan fingerprint density at radius 3 is 2.54 bits per heavy atom. The highest BCUT2D eigenvalue weighted by atomic mass is 19.1. The van der Waals surface area contributed by atoms with E-state index in [9.17, 15) is 9.18 Å². The van der Waals surface area contributed by atoms with Crippen molar-refractivity contribution in [2.45, 2.75) is 20.0 Å². The van der Waals surface area contributed by atoms with Crippen LogP contribution in [0.5, 0.6) is 5.75 Å². The number of nitrogens with one attached hydrogen (secondary N) is 1. The first-order chi connectivity index (χ1) is 12.4. The maximum absolute atomic E-state index is 13.3. The fourth-order valence-electron chi connectivity index (χ4n) is 2.81. The molecule has 134 valence electrons. The van der Waals surface area contributed by atoms with Gasteiger partial charge in [0.1, 0.15) is 22.9 Å². The second-order valence-corrected chi connectivity index (χ2v) is 6.15. The first-order valence-electron chi connectivity index (χ1n) is 8.32. The molecule has 0 bridgehead atoms. The number of fused-ring (bicyclic) bond motifs is 1. The smallest absolute Gasteiger partial charge is 0.255 e. The molecule has 0 spiro atoms. The summed E-state index contributed by atoms with van der Waals surface area (Å²) in [6.45, 7) is 7.66. The monoisotopic (exact) mass is 353 g/mol. The highest BCUT2D eigenvalue weighted by Gasteiger charge is 2.23. The third-order valence-electron chi connectivity index (χ3n) is 3.96. The SMILES string of the molecule is C=Cc1cc2oc(-c3ccc(F)cc3)c(C(=O)NC)c2cc1OC(C)C. The van der Waals surface area contributed by atoms with E-state index < -0.39 is 0 Å². The van der Waals surface area contributed by atoms with Crippen LogP contribution >= 0.6 is 0 Å². The van der Waals surface area contributed by atoms with E-state index in [2.05, 4.69) is 11.9 Å². The second-order valence-electron chi connectivity index (χ2n) is 6.15. The lowest BCUT2D eigenvalue weighted by Gasteiger charge is -2.12. The number of hydrogen-bond acceptors (Lipinski definition) is 3. The number of benzene rings is 2. The molecule has 1 N–H and O–H groups in total. The normalized spacial score (nSPS) is 11.0. The Kier molecular flexibility index (Phi) is 4.80. The first-order valence-corrected chi connectivity index (χ1v) is 8.32. The van der Waals surface area contributed by atoms with E-state index in [0.29, 0.717) is 33.6 Å². The van der Waals surface area contributed by atoms with Gasteiger partial charge >= 0.3 is 0 Å². The summed E-state index contributed by atoms with van der Waals surface area (Å²) in [6.07, 6.45) is 1.65. The van der Waals surface area contributed by atoms with Crippen LogP contribution in [-0.4, -0.2) is 19.1 Å². The Hall–Kier alpha value is -3.08. The maximum Gasteiger partial charge on any atom is 0.255 e. The van der Waals surface area contributed by atoms with Crippen molar-refractivity contribution in [3.8, 4) is 17.1 Å². The molecule has 0 saturated carbocycles. The third-order valence-corrected chi connectivity index (χ3v) is 3.96. The Morgan fingerprint density at radius 2 is 1.96 bits per heavy atom. The van der Waals surface area contributed by atoms with Crippen LogP contribution in [0, 0.1) is 5.82 Å². The molecule has 0 aliphatic carbocycles. The molecule has 4 nitrogen and oxygen atoms in total. The molecule has 0 atom stereocenters. The van der Waals surface area contributed by atoms with Crippen LogP contribution in [0.1, 0.15) is 29.8 Å². The number of carbonyl (C=O) groups is 1. The van der Waals surface area contributed by atoms with Crippen molar-refractivity contribution in [3.63, 3.8) is 0 Å². The van der Waals surface area contributed by atoms with Crippen molar-refractivity contribution in [1.82, 2.24) is 5.32 Å². The van der Waals surface area contributed by atoms with Crippen molar-refractivity contribution in [2.75, 3.05) is 7.05 Å². The number of ether oxygens (including phenoxy) is 1. The summed E-state index contributed by atoms with van der Waals surface area (Å²) in [5, 5.41) is 3.27. The van der Waals surface area contributed by atoms with Crippen molar-refractivity contribution >= 4 is 23.0 Å². The minimum Gasteiger partial charge on any atom is -0.490 e. The van der Waals surface area contributed by atoms with E-state index in [4.69, 9.17) is 9.15 Å². The third kappa shape index (κ3) is 3.20. The largest absolute Gasteiger partial charge is 0.490 e. The lowest BCUT2D eigenvalue weighted by molar-refractivity contribution is 0.0964. The molecule has 0 fully saturated rings. The van der Waals surface area contributed by atoms with Crippen LogP contribution in [0.25, 0.3) is 28.4 Å². The van der Waals surface area contributed by atoms with Crippen molar-refractivity contribution in [3.05, 3.63) is 59.9 Å². The van der Waals surface area contributed by atoms with Gasteiger partial charge in [-0.15, -0.1) is 0 Å². The molecule has 2 aromatic carbocycles. The van der Waals surface area contributed by atoms with Gasteiger partial charge in [0.2, 0.25) is 0 Å². The number of carbonyl (C=O) groups excluding carboxylic acids is 1. The van der Waals surface area contributed by atoms with Crippen LogP contribution in [0.15, 0.2) is 47.4 Å². The highest BCUT2D eigenvalue weighted by molar-refractivity contribution is 6.11. The van der Waals surface area contributed by atoms with Gasteiger partial charge in [0.05, 0.1) is 11.7 Å². The number of hydrogen-bond donors (Lipinski definition) is 1. The summed E-state index contributed by atoms with van der Waals surface area (Å²) < 4.78 is 25.1. The summed E-state index contributed by atoms with van der Waals surface area (Å²) in [4.78, 5) is 12.5. The molecule has 0 aliphatic heterocycles. The molecule has 26 heavy (non-hydrogen) atoms. The number of rotatable bonds is 5. The Morgan fingerprint density at radius 1 is 1.27 bits per heavy atom. The molecule has 0 unspecified atom stereocenters. The van der Waals surface area contributed by atoms with Gasteiger partial charge in [-0.05, 0) is 50.2 Å². The molecule has 0 aliphatic rings. The summed E-state index contributed by atoms with van der Waals surface area (Å²) >= 11 is 0. The van der Waals surface area contributed by atoms with Crippen LogP contribution in [0.3, 0.4) is 0 Å². The lowest BCUT2D eigenvalue weighted by atomic mass is 10.0. The van der Waals surface area contributed by atoms with E-state index in [1.807, 2.05) is 13.8 Å². The van der Waals surface area contributed by atoms with Gasteiger partial charge in [0.25, 0.3) is 5.91 Å². The minimum atomic E-state index is -0.354. The molecule has 1 heterocycles. The molecular weight excluding hydrogens is 333 g/mol. The number of amides is 1. The average Bonchev–Trinajstić information content (AvgIpc) is 2.98. The molecule has 3 rings (SSSR count). The fourth-order valence-corrected chi connectivity index (χ4v) is 2.81. The Labute approximate surface area is 151 Å². The van der Waals surface area contributed by atoms with Gasteiger partial charge < -0.3 is 14.5 Å². The zero-order chi connectivity index (χ0) is 18.8. The average molecular weight is 353 g/mol. The maximum atomic E-state index is 13.3. The highest BCUT2D eigenvalue weighted by Crippen LogP contribution is 2.37. The molecule has 1 amide bonds. The van der Waals surface area contributed by atoms with Crippen LogP contribution in [0.2, 0.25) is 0 Å². The molecule has 1 aromatic heterocycles. The Bertz CT molecular complexity index is 971. The summed E-state index contributed by atoms with van der Waals surface area (Å²) in [5.74, 6) is 0.369. The van der Waals surface area contributed by atoms with Crippen molar-refractivity contribution in [2.24, 2.45) is 0 Å². The summed E-state index contributed by atoms with van der Waals surface area (Å²) in [6, 6.07) is 9.41. The molecule has 0 radical (unpaired) electrons. The topological polar surface area (TPSA) is 51.5 Å². The van der Waals surface area contributed by atoms with Gasteiger partial charge in [-0.1, -0.05) is 12.7 Å². The van der Waals surface area contributed by atoms with Crippen LogP contribution < -0.4 is 10.1 Å². The van der Waals surface area contributed by atoms with Gasteiger partial charge in [-0.3, -0.25) is 4.79 Å². The minimum absolute atomic E-state index is 0.0296. The standard InChI is InChI=1S/C21H20FNO3/c1-5-13-10-18-16(11-17(13)25-12(2)3)19(21(24)23-4)20(26-18)14-6-8-15(22)9-7-14/h5-12H,1H2,2-4H3,(H,23,24). The number of furan rings is 1. The fraction of sp³-hybridized carbons (Fsp3) is 0.190. The first kappa shape index (κ1) is 17.7.